The van der Waals surface area contributed by atoms with Crippen LogP contribution in [0.2, 0.25) is 0 Å². The van der Waals surface area contributed by atoms with E-state index in [2.05, 4.69) is 11.3 Å². The molecule has 0 heterocycles. The summed E-state index contributed by atoms with van der Waals surface area (Å²) in [6.07, 6.45) is 2.38. The van der Waals surface area contributed by atoms with Gasteiger partial charge in [-0.05, 0) is 0 Å². The molecule has 0 aromatic heterocycles. The van der Waals surface area contributed by atoms with Crippen LogP contribution in [0.15, 0.2) is 12.7 Å². The van der Waals surface area contributed by atoms with Crippen molar-refractivity contribution in [1.29, 1.82) is 0 Å². The highest BCUT2D eigenvalue weighted by atomic mass is 32.2. The fourth-order valence-corrected chi connectivity index (χ4v) is 3.12. The predicted molar refractivity (Wildman–Crippen MR) is 51.7 cm³/mol. The van der Waals surface area contributed by atoms with E-state index in [4.69, 9.17) is 0 Å². The van der Waals surface area contributed by atoms with Crippen molar-refractivity contribution in [1.82, 2.24) is 4.72 Å². The van der Waals surface area contributed by atoms with E-state index in [1.54, 1.807) is 0 Å². The van der Waals surface area contributed by atoms with E-state index >= 15 is 0 Å². The molecule has 0 spiro atoms. The molecular formula is C6H13NO4S2. The van der Waals surface area contributed by atoms with Crippen LogP contribution in [-0.4, -0.2) is 41.1 Å². The summed E-state index contributed by atoms with van der Waals surface area (Å²) in [6.45, 7) is 3.44. The van der Waals surface area contributed by atoms with E-state index in [1.807, 2.05) is 0 Å². The molecule has 0 radical (unpaired) electrons. The van der Waals surface area contributed by atoms with Crippen LogP contribution in [0.1, 0.15) is 0 Å². The van der Waals surface area contributed by atoms with Crippen LogP contribution in [0.25, 0.3) is 0 Å². The van der Waals surface area contributed by atoms with Crippen molar-refractivity contribution in [2.75, 3.05) is 24.3 Å². The summed E-state index contributed by atoms with van der Waals surface area (Å²) in [5, 5.41) is 0. The lowest BCUT2D eigenvalue weighted by molar-refractivity contribution is 0.582. The van der Waals surface area contributed by atoms with Gasteiger partial charge in [-0.25, -0.2) is 21.6 Å². The summed E-state index contributed by atoms with van der Waals surface area (Å²) in [5.41, 5.74) is 0. The molecule has 0 bridgehead atoms. The third-order valence-corrected chi connectivity index (χ3v) is 3.72. The van der Waals surface area contributed by atoms with E-state index in [1.165, 1.54) is 6.08 Å². The summed E-state index contributed by atoms with van der Waals surface area (Å²) < 4.78 is 45.5. The minimum Gasteiger partial charge on any atom is -0.229 e. The van der Waals surface area contributed by atoms with E-state index in [0.717, 1.165) is 6.26 Å². The number of hydrogen-bond donors (Lipinski definition) is 1. The van der Waals surface area contributed by atoms with Gasteiger partial charge in [-0.2, -0.15) is 0 Å². The number of sulfone groups is 1. The van der Waals surface area contributed by atoms with Gasteiger partial charge in [-0.1, -0.05) is 6.08 Å². The van der Waals surface area contributed by atoms with Crippen molar-refractivity contribution in [2.24, 2.45) is 0 Å². The summed E-state index contributed by atoms with van der Waals surface area (Å²) in [5.74, 6) is -0.765. The summed E-state index contributed by atoms with van der Waals surface area (Å²) in [7, 11) is -6.70. The smallest absolute Gasteiger partial charge is 0.212 e. The Hall–Kier alpha value is -0.400. The number of nitrogens with one attached hydrogen (secondary N) is 1. The molecule has 0 saturated carbocycles. The Morgan fingerprint density at radius 2 is 1.77 bits per heavy atom. The lowest BCUT2D eigenvalue weighted by atomic mass is 10.7. The Kier molecular flexibility index (Phi) is 4.58. The minimum absolute atomic E-state index is 0.117. The maximum atomic E-state index is 11.0. The lowest BCUT2D eigenvalue weighted by Gasteiger charge is -2.02. The second-order valence-corrected chi connectivity index (χ2v) is 6.77. The van der Waals surface area contributed by atoms with Crippen LogP contribution in [0.5, 0.6) is 0 Å². The second kappa shape index (κ2) is 4.73. The zero-order chi connectivity index (χ0) is 10.5. The van der Waals surface area contributed by atoms with Gasteiger partial charge in [-0.15, -0.1) is 6.58 Å². The highest BCUT2D eigenvalue weighted by molar-refractivity contribution is 7.93. The maximum Gasteiger partial charge on any atom is 0.212 e. The molecule has 0 saturated heterocycles. The second-order valence-electron chi connectivity index (χ2n) is 2.59. The zero-order valence-electron chi connectivity index (χ0n) is 7.36. The first kappa shape index (κ1) is 12.6. The molecule has 7 heteroatoms. The van der Waals surface area contributed by atoms with Gasteiger partial charge >= 0.3 is 0 Å². The molecule has 78 valence electrons. The highest BCUT2D eigenvalue weighted by Gasteiger charge is 2.12. The Balaban J connectivity index is 4.13. The molecule has 0 aliphatic carbocycles. The Morgan fingerprint density at radius 1 is 1.23 bits per heavy atom. The predicted octanol–water partition coefficient (Wildman–Crippen LogP) is -0.864. The molecule has 0 aromatic rings. The summed E-state index contributed by atoms with van der Waals surface area (Å²) in [6, 6.07) is 0. The van der Waals surface area contributed by atoms with Gasteiger partial charge < -0.3 is 0 Å². The quantitative estimate of drug-likeness (QED) is 0.599. The molecule has 0 atom stereocenters. The van der Waals surface area contributed by atoms with Gasteiger partial charge in [0.15, 0.2) is 0 Å². The summed E-state index contributed by atoms with van der Waals surface area (Å²) >= 11 is 0. The van der Waals surface area contributed by atoms with Crippen molar-refractivity contribution in [3.63, 3.8) is 0 Å². The molecule has 1 N–H and O–H groups in total. The van der Waals surface area contributed by atoms with Crippen molar-refractivity contribution in [2.45, 2.75) is 0 Å². The van der Waals surface area contributed by atoms with Gasteiger partial charge in [-0.3, -0.25) is 0 Å². The zero-order valence-corrected chi connectivity index (χ0v) is 8.99. The maximum absolute atomic E-state index is 11.0. The van der Waals surface area contributed by atoms with Crippen LogP contribution in [-0.2, 0) is 19.9 Å². The third kappa shape index (κ3) is 7.94. The van der Waals surface area contributed by atoms with Gasteiger partial charge in [0, 0.05) is 12.8 Å². The number of hydrogen-bond acceptors (Lipinski definition) is 4. The van der Waals surface area contributed by atoms with Gasteiger partial charge in [0.25, 0.3) is 0 Å². The first-order valence-corrected chi connectivity index (χ1v) is 7.24. The first-order valence-electron chi connectivity index (χ1n) is 3.53. The Bertz CT molecular complexity index is 354. The van der Waals surface area contributed by atoms with E-state index < -0.39 is 25.6 Å². The minimum atomic E-state index is -3.48. The van der Waals surface area contributed by atoms with Gasteiger partial charge in [0.05, 0.1) is 11.5 Å². The standard InChI is InChI=1S/C6H13NO4S2/c1-3-4-7-13(10,11)6-5-12(2,8)9/h3,7H,1,4-6H2,2H3. The third-order valence-electron chi connectivity index (χ3n) is 1.17. The molecule has 0 amide bonds. The SMILES string of the molecule is C=CCNS(=O)(=O)CCS(C)(=O)=O. The molecule has 0 rings (SSSR count). The van der Waals surface area contributed by atoms with E-state index in [-0.39, 0.29) is 12.3 Å². The van der Waals surface area contributed by atoms with E-state index in [0.29, 0.717) is 0 Å². The topological polar surface area (TPSA) is 80.3 Å². The van der Waals surface area contributed by atoms with Crippen molar-refractivity contribution < 1.29 is 16.8 Å². The van der Waals surface area contributed by atoms with Crippen LogP contribution in [0.3, 0.4) is 0 Å². The number of sulfonamides is 1. The van der Waals surface area contributed by atoms with Gasteiger partial charge in [0.1, 0.15) is 9.84 Å². The number of rotatable bonds is 6. The van der Waals surface area contributed by atoms with Crippen molar-refractivity contribution in [3.8, 4) is 0 Å². The summed E-state index contributed by atoms with van der Waals surface area (Å²) in [4.78, 5) is 0. The average Bonchev–Trinajstić information content (AvgIpc) is 1.97. The molecule has 0 aliphatic heterocycles. The highest BCUT2D eigenvalue weighted by Crippen LogP contribution is 1.89. The van der Waals surface area contributed by atoms with Gasteiger partial charge in [0.2, 0.25) is 10.0 Å². The molecule has 0 fully saturated rings. The first-order chi connectivity index (χ1) is 5.77. The van der Waals surface area contributed by atoms with Crippen LogP contribution in [0, 0.1) is 0 Å². The lowest BCUT2D eigenvalue weighted by Crippen LogP contribution is -2.29. The average molecular weight is 227 g/mol. The Morgan fingerprint density at radius 3 is 2.15 bits per heavy atom. The van der Waals surface area contributed by atoms with Crippen LogP contribution in [0.4, 0.5) is 0 Å². The molecule has 0 unspecified atom stereocenters. The van der Waals surface area contributed by atoms with Crippen molar-refractivity contribution >= 4 is 19.9 Å². The Labute approximate surface area is 78.8 Å². The van der Waals surface area contributed by atoms with Crippen LogP contribution < -0.4 is 4.72 Å². The largest absolute Gasteiger partial charge is 0.229 e. The molecular weight excluding hydrogens is 214 g/mol. The fraction of sp³-hybridized carbons (Fsp3) is 0.667. The van der Waals surface area contributed by atoms with E-state index in [9.17, 15) is 16.8 Å². The normalized spacial score (nSPS) is 12.7. The van der Waals surface area contributed by atoms with Crippen LogP contribution >= 0.6 is 0 Å². The molecule has 0 aromatic carbocycles. The molecule has 5 nitrogen and oxygen atoms in total. The molecule has 0 aliphatic rings. The molecule has 13 heavy (non-hydrogen) atoms. The monoisotopic (exact) mass is 227 g/mol. The fourth-order valence-electron chi connectivity index (χ4n) is 0.519. The van der Waals surface area contributed by atoms with Crippen molar-refractivity contribution in [3.05, 3.63) is 12.7 Å².